The summed E-state index contributed by atoms with van der Waals surface area (Å²) in [5.74, 6) is 0.852. The number of amides is 1. The fraction of sp³-hybridized carbons (Fsp3) is 0.462. The summed E-state index contributed by atoms with van der Waals surface area (Å²) in [7, 11) is 0. The smallest absolute Gasteiger partial charge is 0.254 e. The van der Waals surface area contributed by atoms with Crippen molar-refractivity contribution in [2.75, 3.05) is 19.9 Å². The Morgan fingerprint density at radius 2 is 2.32 bits per heavy atom. The van der Waals surface area contributed by atoms with E-state index >= 15 is 0 Å². The topological polar surface area (TPSA) is 59.0 Å². The van der Waals surface area contributed by atoms with Gasteiger partial charge in [0.15, 0.2) is 11.5 Å². The van der Waals surface area contributed by atoms with Crippen LogP contribution in [0.15, 0.2) is 12.1 Å². The summed E-state index contributed by atoms with van der Waals surface area (Å²) in [4.78, 5) is 14.1. The van der Waals surface area contributed by atoms with E-state index in [0.717, 1.165) is 12.8 Å². The van der Waals surface area contributed by atoms with Gasteiger partial charge in [0.2, 0.25) is 6.79 Å². The van der Waals surface area contributed by atoms with Crippen LogP contribution in [-0.4, -0.2) is 41.9 Å². The number of fused-ring (bicyclic) bond motifs is 1. The number of carbonyl (C=O) groups is 1. The lowest BCUT2D eigenvalue weighted by molar-refractivity contribution is 0.0677. The molecule has 3 rings (SSSR count). The Morgan fingerprint density at radius 1 is 1.47 bits per heavy atom. The van der Waals surface area contributed by atoms with Gasteiger partial charge < -0.3 is 19.5 Å². The molecule has 0 bridgehead atoms. The molecule has 0 aliphatic carbocycles. The number of ether oxygens (including phenoxy) is 2. The molecule has 1 atom stereocenters. The highest BCUT2D eigenvalue weighted by Gasteiger charge is 2.30. The summed E-state index contributed by atoms with van der Waals surface area (Å²) in [5.41, 5.74) is 0.467. The maximum atomic E-state index is 12.4. The van der Waals surface area contributed by atoms with E-state index in [1.54, 1.807) is 17.0 Å². The average Bonchev–Trinajstić information content (AvgIpc) is 3.06. The van der Waals surface area contributed by atoms with E-state index in [1.165, 1.54) is 0 Å². The second-order valence-electron chi connectivity index (χ2n) is 4.67. The van der Waals surface area contributed by atoms with Crippen molar-refractivity contribution in [1.29, 1.82) is 0 Å². The SMILES string of the molecule is O=C(c1cc(Cl)c2c(c1)OCO2)N1CCC[C@H]1CO. The first-order chi connectivity index (χ1) is 9.20. The molecule has 0 unspecified atom stereocenters. The molecule has 6 heteroatoms. The first kappa shape index (κ1) is 12.6. The van der Waals surface area contributed by atoms with E-state index in [1.807, 2.05) is 0 Å². The van der Waals surface area contributed by atoms with Crippen molar-refractivity contribution in [3.8, 4) is 11.5 Å². The lowest BCUT2D eigenvalue weighted by atomic mass is 10.1. The Bertz CT molecular complexity index is 520. The number of aliphatic hydroxyl groups is 1. The Labute approximate surface area is 115 Å². The van der Waals surface area contributed by atoms with E-state index < -0.39 is 0 Å². The van der Waals surface area contributed by atoms with Gasteiger partial charge in [0.1, 0.15) is 0 Å². The number of nitrogens with zero attached hydrogens (tertiary/aromatic N) is 1. The molecule has 2 aliphatic heterocycles. The van der Waals surface area contributed by atoms with Gasteiger partial charge in [-0.15, -0.1) is 0 Å². The quantitative estimate of drug-likeness (QED) is 0.897. The Kier molecular flexibility index (Phi) is 3.24. The van der Waals surface area contributed by atoms with E-state index in [2.05, 4.69) is 0 Å². The van der Waals surface area contributed by atoms with Gasteiger partial charge in [0.05, 0.1) is 17.7 Å². The second-order valence-corrected chi connectivity index (χ2v) is 5.08. The van der Waals surface area contributed by atoms with Crippen molar-refractivity contribution < 1.29 is 19.4 Å². The van der Waals surface area contributed by atoms with E-state index in [9.17, 15) is 9.90 Å². The predicted molar refractivity (Wildman–Crippen MR) is 68.7 cm³/mol. The molecule has 2 aliphatic rings. The largest absolute Gasteiger partial charge is 0.454 e. The summed E-state index contributed by atoms with van der Waals surface area (Å²) in [6.45, 7) is 0.774. The van der Waals surface area contributed by atoms with Crippen LogP contribution in [0.2, 0.25) is 5.02 Å². The number of likely N-dealkylation sites (tertiary alicyclic amines) is 1. The van der Waals surface area contributed by atoms with Gasteiger partial charge in [-0.05, 0) is 25.0 Å². The summed E-state index contributed by atoms with van der Waals surface area (Å²) in [6.07, 6.45) is 1.75. The van der Waals surface area contributed by atoms with Crippen LogP contribution in [-0.2, 0) is 0 Å². The predicted octanol–water partition coefficient (Wildman–Crippen LogP) is 1.67. The first-order valence-corrected chi connectivity index (χ1v) is 6.59. The molecule has 1 aromatic rings. The fourth-order valence-electron chi connectivity index (χ4n) is 2.55. The minimum Gasteiger partial charge on any atom is -0.454 e. The monoisotopic (exact) mass is 283 g/mol. The molecule has 1 fully saturated rings. The van der Waals surface area contributed by atoms with Crippen LogP contribution in [0.1, 0.15) is 23.2 Å². The molecule has 1 N–H and O–H groups in total. The van der Waals surface area contributed by atoms with Crippen LogP contribution >= 0.6 is 11.6 Å². The van der Waals surface area contributed by atoms with Crippen molar-refractivity contribution >= 4 is 17.5 Å². The number of aliphatic hydroxyl groups excluding tert-OH is 1. The Hall–Kier alpha value is -1.46. The van der Waals surface area contributed by atoms with Crippen molar-refractivity contribution in [3.63, 3.8) is 0 Å². The van der Waals surface area contributed by atoms with Gasteiger partial charge in [-0.3, -0.25) is 4.79 Å². The van der Waals surface area contributed by atoms with Gasteiger partial charge in [0.25, 0.3) is 5.91 Å². The fourth-order valence-corrected chi connectivity index (χ4v) is 2.81. The lowest BCUT2D eigenvalue weighted by Gasteiger charge is -2.23. The van der Waals surface area contributed by atoms with Gasteiger partial charge in [-0.2, -0.15) is 0 Å². The summed E-state index contributed by atoms with van der Waals surface area (Å²) in [6, 6.07) is 3.13. The zero-order valence-corrected chi connectivity index (χ0v) is 11.0. The van der Waals surface area contributed by atoms with Crippen LogP contribution in [0, 0.1) is 0 Å². The molecule has 19 heavy (non-hydrogen) atoms. The third-order valence-corrected chi connectivity index (χ3v) is 3.80. The van der Waals surface area contributed by atoms with Crippen molar-refractivity contribution in [2.45, 2.75) is 18.9 Å². The molecule has 1 amide bonds. The highest BCUT2D eigenvalue weighted by Crippen LogP contribution is 2.40. The maximum absolute atomic E-state index is 12.4. The van der Waals surface area contributed by atoms with Crippen molar-refractivity contribution in [1.82, 2.24) is 4.90 Å². The number of hydrogen-bond acceptors (Lipinski definition) is 4. The lowest BCUT2D eigenvalue weighted by Crippen LogP contribution is -2.37. The third-order valence-electron chi connectivity index (χ3n) is 3.52. The van der Waals surface area contributed by atoms with Crippen molar-refractivity contribution in [2.24, 2.45) is 0 Å². The van der Waals surface area contributed by atoms with Crippen LogP contribution < -0.4 is 9.47 Å². The second kappa shape index (κ2) is 4.90. The zero-order chi connectivity index (χ0) is 13.4. The normalized spacial score (nSPS) is 20.9. The number of rotatable bonds is 2. The minimum absolute atomic E-state index is 0.00990. The van der Waals surface area contributed by atoms with E-state index in [-0.39, 0.29) is 25.3 Å². The molecule has 2 heterocycles. The summed E-state index contributed by atoms with van der Waals surface area (Å²) < 4.78 is 10.5. The van der Waals surface area contributed by atoms with Crippen LogP contribution in [0.25, 0.3) is 0 Å². The first-order valence-electron chi connectivity index (χ1n) is 6.21. The summed E-state index contributed by atoms with van der Waals surface area (Å²) >= 11 is 6.07. The Balaban J connectivity index is 1.90. The standard InChI is InChI=1S/C13H14ClNO4/c14-10-4-8(5-11-12(10)19-7-18-11)13(17)15-3-1-2-9(15)6-16/h4-5,9,16H,1-3,6-7H2/t9-/m0/s1. The van der Waals surface area contributed by atoms with E-state index in [4.69, 9.17) is 21.1 Å². The molecular weight excluding hydrogens is 270 g/mol. The molecule has 0 spiro atoms. The third kappa shape index (κ3) is 2.13. The zero-order valence-electron chi connectivity index (χ0n) is 10.3. The van der Waals surface area contributed by atoms with Gasteiger partial charge in [0, 0.05) is 12.1 Å². The highest BCUT2D eigenvalue weighted by atomic mass is 35.5. The maximum Gasteiger partial charge on any atom is 0.254 e. The molecule has 102 valence electrons. The number of hydrogen-bond donors (Lipinski definition) is 1. The summed E-state index contributed by atoms with van der Waals surface area (Å²) in [5, 5.41) is 9.65. The minimum atomic E-state index is -0.128. The number of benzene rings is 1. The van der Waals surface area contributed by atoms with Gasteiger partial charge in [-0.25, -0.2) is 0 Å². The Morgan fingerprint density at radius 3 is 3.11 bits per heavy atom. The number of halogens is 1. The molecule has 0 aromatic heterocycles. The van der Waals surface area contributed by atoms with Gasteiger partial charge >= 0.3 is 0 Å². The molecule has 0 saturated carbocycles. The molecule has 1 aromatic carbocycles. The molecular formula is C13H14ClNO4. The highest BCUT2D eigenvalue weighted by molar-refractivity contribution is 6.32. The molecule has 0 radical (unpaired) electrons. The molecule has 1 saturated heterocycles. The average molecular weight is 284 g/mol. The van der Waals surface area contributed by atoms with Crippen LogP contribution in [0.3, 0.4) is 0 Å². The molecule has 5 nitrogen and oxygen atoms in total. The number of carbonyl (C=O) groups excluding carboxylic acids is 1. The van der Waals surface area contributed by atoms with Crippen molar-refractivity contribution in [3.05, 3.63) is 22.7 Å². The van der Waals surface area contributed by atoms with Crippen LogP contribution in [0.4, 0.5) is 0 Å². The van der Waals surface area contributed by atoms with E-state index in [0.29, 0.717) is 28.6 Å². The van der Waals surface area contributed by atoms with Crippen LogP contribution in [0.5, 0.6) is 11.5 Å². The van der Waals surface area contributed by atoms with Gasteiger partial charge in [-0.1, -0.05) is 11.6 Å².